The zero-order valence-corrected chi connectivity index (χ0v) is 11.2. The number of ether oxygens (including phenoxy) is 2. The fourth-order valence-corrected chi connectivity index (χ4v) is 2.54. The summed E-state index contributed by atoms with van der Waals surface area (Å²) in [4.78, 5) is 12.4. The molecule has 0 bridgehead atoms. The van der Waals surface area contributed by atoms with Gasteiger partial charge in [0.25, 0.3) is 0 Å². The fraction of sp³-hybridized carbons (Fsp3) is 0.583. The van der Waals surface area contributed by atoms with Gasteiger partial charge in [0.15, 0.2) is 4.88 Å². The SMILES string of the molecule is CCCc1cc(OC(C)COC)c(C(=O)O)s1. The minimum Gasteiger partial charge on any atom is -0.487 e. The second kappa shape index (κ2) is 6.61. The predicted octanol–water partition coefficient (Wildman–Crippen LogP) is 2.81. The van der Waals surface area contributed by atoms with Gasteiger partial charge in [-0.25, -0.2) is 4.79 Å². The predicted molar refractivity (Wildman–Crippen MR) is 67.2 cm³/mol. The van der Waals surface area contributed by atoms with Crippen molar-refractivity contribution in [3.8, 4) is 5.75 Å². The van der Waals surface area contributed by atoms with Crippen molar-refractivity contribution in [2.45, 2.75) is 32.8 Å². The Bertz CT molecular complexity index is 373. The largest absolute Gasteiger partial charge is 0.487 e. The molecule has 1 unspecified atom stereocenters. The molecule has 0 amide bonds. The van der Waals surface area contributed by atoms with Crippen LogP contribution in [0, 0.1) is 0 Å². The lowest BCUT2D eigenvalue weighted by molar-refractivity contribution is 0.0681. The highest BCUT2D eigenvalue weighted by Gasteiger charge is 2.18. The normalized spacial score (nSPS) is 12.4. The van der Waals surface area contributed by atoms with E-state index in [4.69, 9.17) is 14.6 Å². The van der Waals surface area contributed by atoms with Gasteiger partial charge in [-0.15, -0.1) is 11.3 Å². The van der Waals surface area contributed by atoms with E-state index in [0.29, 0.717) is 12.4 Å². The third-order valence-electron chi connectivity index (χ3n) is 2.17. The molecule has 0 saturated heterocycles. The summed E-state index contributed by atoms with van der Waals surface area (Å²) in [5.74, 6) is -0.479. The van der Waals surface area contributed by atoms with Crippen molar-refractivity contribution >= 4 is 17.3 Å². The van der Waals surface area contributed by atoms with Crippen molar-refractivity contribution in [3.63, 3.8) is 0 Å². The molecule has 0 aliphatic carbocycles. The van der Waals surface area contributed by atoms with Gasteiger partial charge in [0.1, 0.15) is 11.9 Å². The second-order valence-corrected chi connectivity index (χ2v) is 4.98. The molecule has 17 heavy (non-hydrogen) atoms. The lowest BCUT2D eigenvalue weighted by atomic mass is 10.3. The second-order valence-electron chi connectivity index (χ2n) is 3.85. The van der Waals surface area contributed by atoms with Crippen LogP contribution in [0.3, 0.4) is 0 Å². The molecule has 0 aromatic carbocycles. The molecule has 1 heterocycles. The van der Waals surface area contributed by atoms with Gasteiger partial charge in [-0.05, 0) is 19.4 Å². The Morgan fingerprint density at radius 2 is 2.29 bits per heavy atom. The van der Waals surface area contributed by atoms with Crippen molar-refractivity contribution in [2.75, 3.05) is 13.7 Å². The summed E-state index contributed by atoms with van der Waals surface area (Å²) in [6.45, 7) is 4.36. The maximum absolute atomic E-state index is 11.1. The highest BCUT2D eigenvalue weighted by Crippen LogP contribution is 2.31. The van der Waals surface area contributed by atoms with Crippen LogP contribution in [0.2, 0.25) is 0 Å². The van der Waals surface area contributed by atoms with E-state index in [0.717, 1.165) is 17.7 Å². The highest BCUT2D eigenvalue weighted by atomic mass is 32.1. The van der Waals surface area contributed by atoms with Crippen molar-refractivity contribution < 1.29 is 19.4 Å². The Balaban J connectivity index is 2.84. The Hall–Kier alpha value is -1.07. The molecule has 1 rings (SSSR count). The number of hydrogen-bond donors (Lipinski definition) is 1. The van der Waals surface area contributed by atoms with E-state index in [9.17, 15) is 4.79 Å². The van der Waals surface area contributed by atoms with E-state index in [1.807, 2.05) is 13.0 Å². The highest BCUT2D eigenvalue weighted by molar-refractivity contribution is 7.14. The summed E-state index contributed by atoms with van der Waals surface area (Å²) in [6.07, 6.45) is 1.72. The lowest BCUT2D eigenvalue weighted by Gasteiger charge is -2.12. The maximum Gasteiger partial charge on any atom is 0.349 e. The van der Waals surface area contributed by atoms with Crippen LogP contribution in [0.1, 0.15) is 34.8 Å². The van der Waals surface area contributed by atoms with Crippen LogP contribution < -0.4 is 4.74 Å². The van der Waals surface area contributed by atoms with Crippen LogP contribution in [0.4, 0.5) is 0 Å². The quantitative estimate of drug-likeness (QED) is 0.817. The number of methoxy groups -OCH3 is 1. The number of thiophene rings is 1. The lowest BCUT2D eigenvalue weighted by Crippen LogP contribution is -2.18. The van der Waals surface area contributed by atoms with Gasteiger partial charge < -0.3 is 14.6 Å². The molecule has 5 heteroatoms. The summed E-state index contributed by atoms with van der Waals surface area (Å²) in [7, 11) is 1.59. The standard InChI is InChI=1S/C12H18O4S/c1-4-5-9-6-10(11(17-9)12(13)14)16-8(2)7-15-3/h6,8H,4-5,7H2,1-3H3,(H,13,14). The Kier molecular flexibility index (Phi) is 5.44. The van der Waals surface area contributed by atoms with E-state index in [-0.39, 0.29) is 11.0 Å². The molecule has 1 N–H and O–H groups in total. The van der Waals surface area contributed by atoms with Gasteiger partial charge in [0.05, 0.1) is 6.61 Å². The first kappa shape index (κ1) is 14.0. The van der Waals surface area contributed by atoms with Gasteiger partial charge in [0, 0.05) is 12.0 Å². The van der Waals surface area contributed by atoms with Crippen molar-refractivity contribution in [3.05, 3.63) is 15.8 Å². The van der Waals surface area contributed by atoms with Crippen LogP contribution in [0.15, 0.2) is 6.07 Å². The smallest absolute Gasteiger partial charge is 0.349 e. The number of aryl methyl sites for hydroxylation is 1. The average molecular weight is 258 g/mol. The first-order chi connectivity index (χ1) is 8.08. The molecular weight excluding hydrogens is 240 g/mol. The molecule has 0 spiro atoms. The van der Waals surface area contributed by atoms with Crippen LogP contribution in [0.5, 0.6) is 5.75 Å². The maximum atomic E-state index is 11.1. The van der Waals surface area contributed by atoms with Crippen LogP contribution in [-0.2, 0) is 11.2 Å². The van der Waals surface area contributed by atoms with E-state index >= 15 is 0 Å². The summed E-state index contributed by atoms with van der Waals surface area (Å²) in [6, 6.07) is 1.82. The van der Waals surface area contributed by atoms with Crippen LogP contribution in [0.25, 0.3) is 0 Å². The van der Waals surface area contributed by atoms with E-state index < -0.39 is 5.97 Å². The number of carboxylic acids is 1. The molecule has 96 valence electrons. The molecule has 0 fully saturated rings. The Morgan fingerprint density at radius 3 is 2.82 bits per heavy atom. The molecule has 0 aliphatic rings. The van der Waals surface area contributed by atoms with E-state index in [1.54, 1.807) is 7.11 Å². The molecule has 4 nitrogen and oxygen atoms in total. The summed E-state index contributed by atoms with van der Waals surface area (Å²) >= 11 is 1.29. The number of carbonyl (C=O) groups is 1. The Labute approximate surface area is 105 Å². The van der Waals surface area contributed by atoms with Gasteiger partial charge in [-0.2, -0.15) is 0 Å². The van der Waals surface area contributed by atoms with E-state index in [2.05, 4.69) is 6.92 Å². The third kappa shape index (κ3) is 4.02. The van der Waals surface area contributed by atoms with E-state index in [1.165, 1.54) is 11.3 Å². The third-order valence-corrected chi connectivity index (χ3v) is 3.33. The molecule has 0 saturated carbocycles. The first-order valence-corrected chi connectivity index (χ1v) is 6.41. The first-order valence-electron chi connectivity index (χ1n) is 5.60. The topological polar surface area (TPSA) is 55.8 Å². The molecule has 1 aromatic heterocycles. The Morgan fingerprint density at radius 1 is 1.59 bits per heavy atom. The zero-order valence-electron chi connectivity index (χ0n) is 10.4. The van der Waals surface area contributed by atoms with Gasteiger partial charge in [-0.3, -0.25) is 0 Å². The molecular formula is C12H18O4S. The zero-order chi connectivity index (χ0) is 12.8. The molecule has 0 aliphatic heterocycles. The summed E-state index contributed by atoms with van der Waals surface area (Å²) < 4.78 is 10.5. The monoisotopic (exact) mass is 258 g/mol. The fourth-order valence-electron chi connectivity index (χ4n) is 1.51. The minimum absolute atomic E-state index is 0.151. The number of rotatable bonds is 7. The van der Waals surface area contributed by atoms with Gasteiger partial charge >= 0.3 is 5.97 Å². The van der Waals surface area contributed by atoms with Crippen LogP contribution >= 0.6 is 11.3 Å². The molecule has 0 radical (unpaired) electrons. The molecule has 1 aromatic rings. The van der Waals surface area contributed by atoms with Crippen LogP contribution in [-0.4, -0.2) is 30.9 Å². The number of hydrogen-bond acceptors (Lipinski definition) is 4. The number of carboxylic acid groups (broad SMARTS) is 1. The van der Waals surface area contributed by atoms with Crippen molar-refractivity contribution in [2.24, 2.45) is 0 Å². The minimum atomic E-state index is -0.933. The molecule has 1 atom stereocenters. The summed E-state index contributed by atoms with van der Waals surface area (Å²) in [5.41, 5.74) is 0. The van der Waals surface area contributed by atoms with Crippen molar-refractivity contribution in [1.82, 2.24) is 0 Å². The summed E-state index contributed by atoms with van der Waals surface area (Å²) in [5, 5.41) is 9.09. The number of aromatic carboxylic acids is 1. The van der Waals surface area contributed by atoms with Crippen molar-refractivity contribution in [1.29, 1.82) is 0 Å². The van der Waals surface area contributed by atoms with Gasteiger partial charge in [0.2, 0.25) is 0 Å². The average Bonchev–Trinajstić information content (AvgIpc) is 2.62. The van der Waals surface area contributed by atoms with Gasteiger partial charge in [-0.1, -0.05) is 13.3 Å².